The fraction of sp³-hybridized carbons (Fsp3) is 0.435. The summed E-state index contributed by atoms with van der Waals surface area (Å²) >= 11 is 0. The first kappa shape index (κ1) is 45.6. The van der Waals surface area contributed by atoms with Crippen LogP contribution in [0.1, 0.15) is 65.7 Å². The number of hydrogen-bond donors (Lipinski definition) is 3. The molecule has 3 aliphatic rings. The Morgan fingerprint density at radius 1 is 0.933 bits per heavy atom. The normalized spacial score (nSPS) is 16.4. The molecule has 1 aliphatic heterocycles. The number of pyridine rings is 1. The second kappa shape index (κ2) is 21.7. The molecule has 2 amide bonds. The zero-order valence-corrected chi connectivity index (χ0v) is 35.3. The molecule has 0 spiro atoms. The monoisotopic (exact) mass is 828 g/mol. The fourth-order valence-corrected chi connectivity index (χ4v) is 6.57. The number of nitrogens with one attached hydrogen (secondary N) is 3. The molecule has 7 rings (SSSR count). The summed E-state index contributed by atoms with van der Waals surface area (Å²) in [6.07, 6.45) is 11.3. The van der Waals surface area contributed by atoms with E-state index in [1.807, 2.05) is 19.1 Å². The van der Waals surface area contributed by atoms with Gasteiger partial charge in [-0.25, -0.2) is 8.78 Å². The first-order valence-electron chi connectivity index (χ1n) is 20.6. The van der Waals surface area contributed by atoms with Crippen LogP contribution in [0.3, 0.4) is 0 Å². The van der Waals surface area contributed by atoms with E-state index in [9.17, 15) is 14.0 Å². The maximum absolute atomic E-state index is 15.3. The van der Waals surface area contributed by atoms with Crippen molar-refractivity contribution in [1.82, 2.24) is 15.2 Å². The molecular weight excluding hydrogens is 771 g/mol. The van der Waals surface area contributed by atoms with Crippen LogP contribution in [-0.4, -0.2) is 87.1 Å². The number of carbonyl (C=O) groups is 2. The topological polar surface area (TPSA) is 136 Å². The van der Waals surface area contributed by atoms with E-state index < -0.39 is 28.9 Å². The average Bonchev–Trinajstić information content (AvgIpc) is 4.19. The molecule has 3 aromatic carbocycles. The molecule has 0 unspecified atom stereocenters. The summed E-state index contributed by atoms with van der Waals surface area (Å²) in [7, 11) is 3.74. The maximum Gasteiger partial charge on any atom is 0.240 e. The van der Waals surface area contributed by atoms with Crippen LogP contribution < -0.4 is 30.2 Å². The van der Waals surface area contributed by atoms with E-state index in [0.717, 1.165) is 45.4 Å². The van der Waals surface area contributed by atoms with Crippen molar-refractivity contribution in [2.24, 2.45) is 10.4 Å². The zero-order chi connectivity index (χ0) is 43.1. The molecule has 3 N–H and O–H groups in total. The lowest BCUT2D eigenvalue weighted by atomic mass is 10.0. The van der Waals surface area contributed by atoms with Gasteiger partial charge in [0, 0.05) is 48.3 Å². The molecule has 4 aromatic rings. The number of fused-ring (bicyclic) bond motifs is 1. The number of amides is 2. The van der Waals surface area contributed by atoms with Crippen molar-refractivity contribution in [1.29, 1.82) is 0 Å². The molecule has 14 heteroatoms. The van der Waals surface area contributed by atoms with Crippen molar-refractivity contribution < 1.29 is 37.3 Å². The van der Waals surface area contributed by atoms with Gasteiger partial charge in [-0.2, -0.15) is 0 Å². The van der Waals surface area contributed by atoms with E-state index in [1.54, 1.807) is 31.6 Å². The Balaban J connectivity index is 0.000000551. The Morgan fingerprint density at radius 2 is 1.63 bits per heavy atom. The van der Waals surface area contributed by atoms with Gasteiger partial charge in [-0.05, 0) is 127 Å². The number of methoxy groups -OCH3 is 1. The van der Waals surface area contributed by atoms with Gasteiger partial charge in [0.15, 0.2) is 11.5 Å². The molecule has 60 heavy (non-hydrogen) atoms. The second-order valence-electron chi connectivity index (χ2n) is 15.3. The van der Waals surface area contributed by atoms with Gasteiger partial charge in [0.05, 0.1) is 30.5 Å². The fourth-order valence-electron chi connectivity index (χ4n) is 6.57. The summed E-state index contributed by atoms with van der Waals surface area (Å²) in [6, 6.07) is 15.1. The van der Waals surface area contributed by atoms with Gasteiger partial charge < -0.3 is 39.8 Å². The number of likely N-dealkylation sites (tertiary alicyclic amines) is 1. The quantitative estimate of drug-likeness (QED) is 0.0575. The van der Waals surface area contributed by atoms with E-state index in [4.69, 9.17) is 18.9 Å². The lowest BCUT2D eigenvalue weighted by Crippen LogP contribution is -2.48. The molecule has 1 aromatic heterocycles. The van der Waals surface area contributed by atoms with Crippen molar-refractivity contribution in [3.05, 3.63) is 90.8 Å². The van der Waals surface area contributed by atoms with Crippen LogP contribution in [0.5, 0.6) is 23.0 Å². The third kappa shape index (κ3) is 12.5. The number of hydrogen-bond acceptors (Lipinski definition) is 10. The number of aromatic nitrogens is 1. The van der Waals surface area contributed by atoms with Gasteiger partial charge in [-0.3, -0.25) is 19.6 Å². The van der Waals surface area contributed by atoms with E-state index in [0.29, 0.717) is 65.9 Å². The van der Waals surface area contributed by atoms with Crippen molar-refractivity contribution in [3.63, 3.8) is 0 Å². The van der Waals surface area contributed by atoms with Gasteiger partial charge in [-0.1, -0.05) is 20.3 Å². The van der Waals surface area contributed by atoms with Crippen molar-refractivity contribution >= 4 is 40.8 Å². The summed E-state index contributed by atoms with van der Waals surface area (Å²) < 4.78 is 51.5. The highest BCUT2D eigenvalue weighted by molar-refractivity contribution is 6.17. The third-order valence-electron chi connectivity index (χ3n) is 10.3. The largest absolute Gasteiger partial charge is 0.493 e. The highest BCUT2D eigenvalue weighted by atomic mass is 19.1. The molecule has 2 saturated carbocycles. The Bertz CT molecular complexity index is 2080. The molecule has 3 fully saturated rings. The highest BCUT2D eigenvalue weighted by Gasteiger charge is 2.56. The van der Waals surface area contributed by atoms with Crippen LogP contribution in [-0.2, 0) is 14.3 Å². The van der Waals surface area contributed by atoms with Crippen molar-refractivity contribution in [2.75, 3.05) is 57.7 Å². The number of aliphatic imine (C=N–C) groups is 1. The smallest absolute Gasteiger partial charge is 0.240 e. The molecule has 2 heterocycles. The molecule has 12 nitrogen and oxygen atoms in total. The number of ether oxygens (including phenoxy) is 4. The van der Waals surface area contributed by atoms with E-state index in [2.05, 4.69) is 58.4 Å². The van der Waals surface area contributed by atoms with Gasteiger partial charge in [-0.15, -0.1) is 0 Å². The minimum absolute atomic E-state index is 0.0235. The van der Waals surface area contributed by atoms with Gasteiger partial charge >= 0.3 is 0 Å². The van der Waals surface area contributed by atoms with Gasteiger partial charge in [0.1, 0.15) is 35.2 Å². The molecule has 0 bridgehead atoms. The number of anilines is 2. The number of nitrogens with zero attached hydrogens (tertiary/aromatic N) is 3. The minimum atomic E-state index is -1.32. The Hall–Kier alpha value is -5.44. The number of benzene rings is 3. The first-order chi connectivity index (χ1) is 29.0. The van der Waals surface area contributed by atoms with Crippen LogP contribution in [0.2, 0.25) is 0 Å². The second-order valence-corrected chi connectivity index (χ2v) is 15.3. The van der Waals surface area contributed by atoms with Crippen molar-refractivity contribution in [2.45, 2.75) is 77.3 Å². The van der Waals surface area contributed by atoms with Gasteiger partial charge in [0.25, 0.3) is 0 Å². The molecule has 2 aliphatic carbocycles. The molecule has 0 radical (unpaired) electrons. The Kier molecular flexibility index (Phi) is 16.5. The summed E-state index contributed by atoms with van der Waals surface area (Å²) in [5, 5.41) is 9.68. The third-order valence-corrected chi connectivity index (χ3v) is 10.3. The van der Waals surface area contributed by atoms with E-state index in [1.165, 1.54) is 48.9 Å². The van der Waals surface area contributed by atoms with E-state index in [-0.39, 0.29) is 17.0 Å². The predicted octanol–water partition coefficient (Wildman–Crippen LogP) is 8.92. The zero-order valence-electron chi connectivity index (χ0n) is 35.3. The number of rotatable bonds is 16. The molecule has 0 atom stereocenters. The highest BCUT2D eigenvalue weighted by Crippen LogP contribution is 2.48. The SMILES string of the molecule is C=N/C=C/COCC.CCC.COc1cc2c(Oc3ccc(NC(=O)C4(C(=O)Nc5ccc(F)cc5)CC4)c(F)c3)ccnc2cc1OCC1(NC2CCN(C)CC2)CC1. The van der Waals surface area contributed by atoms with Crippen LogP contribution in [0.4, 0.5) is 20.2 Å². The minimum Gasteiger partial charge on any atom is -0.493 e. The summed E-state index contributed by atoms with van der Waals surface area (Å²) in [5.74, 6) is -0.559. The van der Waals surface area contributed by atoms with Crippen molar-refractivity contribution in [3.8, 4) is 23.0 Å². The summed E-state index contributed by atoms with van der Waals surface area (Å²) in [4.78, 5) is 36.3. The summed E-state index contributed by atoms with van der Waals surface area (Å²) in [5.41, 5.74) is -0.440. The summed E-state index contributed by atoms with van der Waals surface area (Å²) in [6.45, 7) is 13.6. The average molecular weight is 829 g/mol. The molecule has 322 valence electrons. The van der Waals surface area contributed by atoms with Crippen LogP contribution >= 0.6 is 0 Å². The number of piperidine rings is 1. The Morgan fingerprint density at radius 3 is 2.25 bits per heavy atom. The number of carbonyl (C=O) groups excluding carboxylic acids is 2. The lowest BCUT2D eigenvalue weighted by molar-refractivity contribution is -0.131. The lowest BCUT2D eigenvalue weighted by Gasteiger charge is -2.32. The number of halogens is 2. The van der Waals surface area contributed by atoms with Crippen LogP contribution in [0.15, 0.2) is 84.1 Å². The van der Waals surface area contributed by atoms with E-state index >= 15 is 4.39 Å². The Labute approximate surface area is 351 Å². The molecule has 1 saturated heterocycles. The standard InChI is InChI=1S/C37H39F2N5O5.C6H11NO.C3H8/c1-44-17-10-25(11-18-44)43-36(12-13-36)22-48-33-21-30-27(20-32(33)47-2)31(9-16-40-30)49-26-7-8-29(28(39)19-26)42-35(46)37(14-15-37)34(45)41-24-5-3-23(38)4-6-24;1-3-8-6-4-5-7-2;1-3-2/h3-9,16,19-21,25,43H,10-15,17-18,22H2,1-2H3,(H,41,45)(H,42,46);4-5H,2-3,6H2,1H3;3H2,1-2H3/b;5-4+;. The molecular formula is C46H58F2N6O6. The first-order valence-corrected chi connectivity index (χ1v) is 20.6. The van der Waals surface area contributed by atoms with Gasteiger partial charge in [0.2, 0.25) is 11.8 Å². The maximum atomic E-state index is 15.3. The van der Waals surface area contributed by atoms with Crippen LogP contribution in [0, 0.1) is 17.0 Å². The van der Waals surface area contributed by atoms with Crippen LogP contribution in [0.25, 0.3) is 10.9 Å². The predicted molar refractivity (Wildman–Crippen MR) is 232 cm³/mol.